The van der Waals surface area contributed by atoms with Crippen molar-refractivity contribution in [2.75, 3.05) is 0 Å². The minimum atomic E-state index is 0.859. The van der Waals surface area contributed by atoms with Crippen molar-refractivity contribution < 1.29 is 13.7 Å². The average Bonchev–Trinajstić information content (AvgIpc) is 3.15. The molecule has 3 nitrogen and oxygen atoms in total. The minimum Gasteiger partial charge on any atom is -0.205 e. The summed E-state index contributed by atoms with van der Waals surface area (Å²) in [6.45, 7) is 9.70. The summed E-state index contributed by atoms with van der Waals surface area (Å²) in [6, 6.07) is 19.6. The Morgan fingerprint density at radius 2 is 0.745 bits per heavy atom. The lowest BCUT2D eigenvalue weighted by molar-refractivity contribution is -0.697. The van der Waals surface area contributed by atoms with Crippen LogP contribution in [0.1, 0.15) is 131 Å². The van der Waals surface area contributed by atoms with Gasteiger partial charge in [-0.25, -0.2) is 13.7 Å². The predicted molar refractivity (Wildman–Crippen MR) is 211 cm³/mol. The summed E-state index contributed by atoms with van der Waals surface area (Å²) in [5.41, 5.74) is 7.26. The summed E-state index contributed by atoms with van der Waals surface area (Å²) in [4.78, 5) is 0. The van der Waals surface area contributed by atoms with Crippen LogP contribution in [0.2, 0.25) is 0 Å². The molecule has 4 aromatic rings. The molecule has 0 radical (unpaired) electrons. The van der Waals surface area contributed by atoms with E-state index < -0.39 is 0 Å². The molecule has 3 aromatic heterocycles. The summed E-state index contributed by atoms with van der Waals surface area (Å²) in [6.07, 6.45) is 29.9. The quantitative estimate of drug-likeness (QED) is 0.0566. The molecule has 0 spiro atoms. The first-order valence-electron chi connectivity index (χ1n) is 19.7. The average molecular weight is 679 g/mol. The van der Waals surface area contributed by atoms with Gasteiger partial charge in [0.1, 0.15) is 19.6 Å². The standard InChI is InChI=1S/C48H60N3/c1-4-7-22-43-28-19-34-49(40-43)31-16-10-13-25-46-37-47(26-14-11-17-32-50-35-20-29-44(41-50)23-8-5-2)39-48(38-46)27-15-12-18-33-51-36-21-30-45(42-51)24-9-6-3/h19-21,28-30,34-42H,4-12,16-18,22-24,31-33H2,1-3H3/q+3. The highest BCUT2D eigenvalue weighted by Gasteiger charge is 2.05. The molecule has 0 aliphatic heterocycles. The molecule has 0 saturated heterocycles. The van der Waals surface area contributed by atoms with Crippen molar-refractivity contribution >= 4 is 0 Å². The van der Waals surface area contributed by atoms with Gasteiger partial charge in [-0.2, -0.15) is 0 Å². The van der Waals surface area contributed by atoms with Crippen LogP contribution in [-0.4, -0.2) is 0 Å². The first-order chi connectivity index (χ1) is 25.1. The number of pyridine rings is 3. The van der Waals surface area contributed by atoms with E-state index in [2.05, 4.69) is 162 Å². The molecule has 0 aliphatic rings. The maximum atomic E-state index is 3.44. The summed E-state index contributed by atoms with van der Waals surface area (Å²) >= 11 is 0. The van der Waals surface area contributed by atoms with E-state index in [0.717, 1.165) is 94.1 Å². The monoisotopic (exact) mass is 678 g/mol. The molecule has 1 aromatic carbocycles. The molecule has 0 saturated carbocycles. The lowest BCUT2D eigenvalue weighted by atomic mass is 10.1. The van der Waals surface area contributed by atoms with Gasteiger partial charge in [0.25, 0.3) is 0 Å². The summed E-state index contributed by atoms with van der Waals surface area (Å²) < 4.78 is 6.92. The maximum Gasteiger partial charge on any atom is 0.171 e. The summed E-state index contributed by atoms with van der Waals surface area (Å²) in [5.74, 6) is 20.6. The van der Waals surface area contributed by atoms with Gasteiger partial charge >= 0.3 is 0 Å². The van der Waals surface area contributed by atoms with Gasteiger partial charge in [0.2, 0.25) is 0 Å². The van der Waals surface area contributed by atoms with Crippen molar-refractivity contribution in [2.24, 2.45) is 0 Å². The Morgan fingerprint density at radius 1 is 0.431 bits per heavy atom. The van der Waals surface area contributed by atoms with Crippen LogP contribution in [0.25, 0.3) is 0 Å². The van der Waals surface area contributed by atoms with Gasteiger partial charge in [0.05, 0.1) is 0 Å². The van der Waals surface area contributed by atoms with Crippen molar-refractivity contribution in [3.05, 3.63) is 125 Å². The van der Waals surface area contributed by atoms with Crippen molar-refractivity contribution in [3.63, 3.8) is 0 Å². The minimum absolute atomic E-state index is 0.859. The van der Waals surface area contributed by atoms with Gasteiger partial charge in [0.15, 0.2) is 37.2 Å². The molecule has 3 heteroatoms. The molecule has 3 heterocycles. The van der Waals surface area contributed by atoms with E-state index in [0.29, 0.717) is 0 Å². The Kier molecular flexibility index (Phi) is 18.2. The third kappa shape index (κ3) is 15.8. The molecule has 0 unspecified atom stereocenters. The highest BCUT2D eigenvalue weighted by atomic mass is 14.9. The first kappa shape index (κ1) is 39.1. The number of aromatic nitrogens is 3. The van der Waals surface area contributed by atoms with E-state index in [1.54, 1.807) is 0 Å². The predicted octanol–water partition coefficient (Wildman–Crippen LogP) is 9.07. The number of rotatable bonds is 18. The molecule has 51 heavy (non-hydrogen) atoms. The van der Waals surface area contributed by atoms with Gasteiger partial charge in [-0.15, -0.1) is 0 Å². The smallest absolute Gasteiger partial charge is 0.171 e. The highest BCUT2D eigenvalue weighted by molar-refractivity contribution is 5.51. The zero-order chi connectivity index (χ0) is 35.8. The second-order valence-corrected chi connectivity index (χ2v) is 13.7. The van der Waals surface area contributed by atoms with E-state index in [1.807, 2.05) is 0 Å². The second kappa shape index (κ2) is 23.7. The lowest BCUT2D eigenvalue weighted by Crippen LogP contribution is -2.33. The topological polar surface area (TPSA) is 11.6 Å². The van der Waals surface area contributed by atoms with Crippen molar-refractivity contribution in [1.29, 1.82) is 0 Å². The molecular weight excluding hydrogens is 619 g/mol. The Balaban J connectivity index is 1.37. The molecule has 4 rings (SSSR count). The van der Waals surface area contributed by atoms with E-state index in [1.165, 1.54) is 55.2 Å². The fourth-order valence-corrected chi connectivity index (χ4v) is 6.12. The molecule has 0 fully saturated rings. The fourth-order valence-electron chi connectivity index (χ4n) is 6.12. The summed E-state index contributed by atoms with van der Waals surface area (Å²) in [5, 5.41) is 0. The number of nitrogens with zero attached hydrogens (tertiary/aromatic N) is 3. The number of aryl methyl sites for hydroxylation is 6. The third-order valence-corrected chi connectivity index (χ3v) is 9.00. The van der Waals surface area contributed by atoms with Crippen LogP contribution >= 0.6 is 0 Å². The Morgan fingerprint density at radius 3 is 1.04 bits per heavy atom. The maximum absolute atomic E-state index is 3.44. The van der Waals surface area contributed by atoms with E-state index >= 15 is 0 Å². The first-order valence-corrected chi connectivity index (χ1v) is 19.7. The number of hydrogen-bond donors (Lipinski definition) is 0. The van der Waals surface area contributed by atoms with Crippen LogP contribution < -0.4 is 13.7 Å². The van der Waals surface area contributed by atoms with Gasteiger partial charge < -0.3 is 0 Å². The third-order valence-electron chi connectivity index (χ3n) is 9.00. The van der Waals surface area contributed by atoms with Crippen molar-refractivity contribution in [2.45, 2.75) is 137 Å². The van der Waals surface area contributed by atoms with Gasteiger partial charge in [-0.05, 0) is 74.9 Å². The van der Waals surface area contributed by atoms with Crippen molar-refractivity contribution in [3.8, 4) is 35.5 Å². The molecule has 0 atom stereocenters. The highest BCUT2D eigenvalue weighted by Crippen LogP contribution is 2.10. The normalized spacial score (nSPS) is 10.4. The number of unbranched alkanes of at least 4 members (excludes halogenated alkanes) is 6. The van der Waals surface area contributed by atoms with Gasteiger partial charge in [-0.1, -0.05) is 75.6 Å². The largest absolute Gasteiger partial charge is 0.205 e. The van der Waals surface area contributed by atoms with Crippen LogP contribution in [0.5, 0.6) is 0 Å². The zero-order valence-electron chi connectivity index (χ0n) is 31.7. The molecule has 0 amide bonds. The van der Waals surface area contributed by atoms with Crippen LogP contribution in [0.15, 0.2) is 91.8 Å². The van der Waals surface area contributed by atoms with Crippen LogP contribution in [0, 0.1) is 35.5 Å². The van der Waals surface area contributed by atoms with Crippen LogP contribution in [0.3, 0.4) is 0 Å². The van der Waals surface area contributed by atoms with E-state index in [4.69, 9.17) is 0 Å². The Labute approximate surface area is 310 Å². The molecule has 264 valence electrons. The van der Waals surface area contributed by atoms with Crippen LogP contribution in [-0.2, 0) is 38.9 Å². The van der Waals surface area contributed by atoms with Crippen molar-refractivity contribution in [1.82, 2.24) is 0 Å². The lowest BCUT2D eigenvalue weighted by Gasteiger charge is -2.00. The van der Waals surface area contributed by atoms with E-state index in [-0.39, 0.29) is 0 Å². The SMILES string of the molecule is CCCCc1ccc[n+](CCCC#Cc2cc(C#CCCC[n+]3cccc(CCCC)c3)cc(C#CCCC[n+]3cccc(CCCC)c3)c2)c1. The van der Waals surface area contributed by atoms with Crippen LogP contribution in [0.4, 0.5) is 0 Å². The molecule has 0 aliphatic carbocycles. The number of benzene rings is 1. The second-order valence-electron chi connectivity index (χ2n) is 13.7. The molecular formula is C48H60N3+3. The van der Waals surface area contributed by atoms with Gasteiger partial charge in [0, 0.05) is 90.1 Å². The van der Waals surface area contributed by atoms with Gasteiger partial charge in [-0.3, -0.25) is 0 Å². The Hall–Kier alpha value is -4.65. The van der Waals surface area contributed by atoms with E-state index in [9.17, 15) is 0 Å². The Bertz CT molecular complexity index is 1590. The number of hydrogen-bond acceptors (Lipinski definition) is 0. The fraction of sp³-hybridized carbons (Fsp3) is 0.438. The zero-order valence-corrected chi connectivity index (χ0v) is 31.7. The molecule has 0 N–H and O–H groups in total. The molecule has 0 bridgehead atoms. The summed E-state index contributed by atoms with van der Waals surface area (Å²) in [7, 11) is 0.